The van der Waals surface area contributed by atoms with Gasteiger partial charge in [-0.05, 0) is 36.8 Å². The summed E-state index contributed by atoms with van der Waals surface area (Å²) in [4.78, 5) is 12.8. The molecule has 2 unspecified atom stereocenters. The lowest BCUT2D eigenvalue weighted by Gasteiger charge is -2.42. The Bertz CT molecular complexity index is 1350. The zero-order valence-electron chi connectivity index (χ0n) is 19.3. The Labute approximate surface area is 205 Å². The van der Waals surface area contributed by atoms with Crippen LogP contribution in [0.4, 0.5) is 0 Å². The van der Waals surface area contributed by atoms with Gasteiger partial charge < -0.3 is 44.5 Å². The van der Waals surface area contributed by atoms with Gasteiger partial charge in [0, 0.05) is 17.7 Å². The molecular weight excluding hydrogens is 472 g/mol. The molecule has 36 heavy (non-hydrogen) atoms. The fourth-order valence-corrected chi connectivity index (χ4v) is 4.55. The molecule has 0 amide bonds. The largest absolute Gasteiger partial charge is 0.508 e. The lowest BCUT2D eigenvalue weighted by atomic mass is 9.88. The van der Waals surface area contributed by atoms with Crippen LogP contribution in [0.1, 0.15) is 34.5 Å². The summed E-state index contributed by atoms with van der Waals surface area (Å²) in [6.45, 7) is 1.34. The number of carbonyl (C=O) groups excluding carboxylic acids is 1. The summed E-state index contributed by atoms with van der Waals surface area (Å²) in [6, 6.07) is 11.5. The first-order valence-corrected chi connectivity index (χ1v) is 11.1. The average Bonchev–Trinajstić information content (AvgIpc) is 2.85. The zero-order chi connectivity index (χ0) is 25.8. The number of aliphatic hydroxyl groups excluding tert-OH is 2. The SMILES string of the molecule is COc1cc(C2(C)Oc3cc([C@H]4Oc5cc(O)cc(O)c5C(=O)C4O)ccc3O[C@@H]2CO)ccc1O. The molecule has 0 aliphatic carbocycles. The van der Waals surface area contributed by atoms with E-state index in [1.54, 1.807) is 37.3 Å². The molecule has 10 heteroatoms. The lowest BCUT2D eigenvalue weighted by Crippen LogP contribution is -2.50. The van der Waals surface area contributed by atoms with Gasteiger partial charge in [0.1, 0.15) is 22.8 Å². The normalized spacial score (nSPS) is 24.6. The number of benzene rings is 3. The van der Waals surface area contributed by atoms with Gasteiger partial charge in [0.25, 0.3) is 0 Å². The van der Waals surface area contributed by atoms with Crippen molar-refractivity contribution in [1.82, 2.24) is 0 Å². The number of aliphatic hydroxyl groups is 2. The van der Waals surface area contributed by atoms with E-state index in [1.165, 1.54) is 19.2 Å². The van der Waals surface area contributed by atoms with Crippen molar-refractivity contribution in [2.24, 2.45) is 0 Å². The van der Waals surface area contributed by atoms with Gasteiger partial charge in [-0.1, -0.05) is 12.1 Å². The molecule has 2 aliphatic rings. The minimum atomic E-state index is -1.63. The Morgan fingerprint density at radius 1 is 0.944 bits per heavy atom. The highest BCUT2D eigenvalue weighted by atomic mass is 16.6. The van der Waals surface area contributed by atoms with Gasteiger partial charge >= 0.3 is 0 Å². The number of hydrogen-bond donors (Lipinski definition) is 5. The summed E-state index contributed by atoms with van der Waals surface area (Å²) >= 11 is 0. The fourth-order valence-electron chi connectivity index (χ4n) is 4.55. The molecule has 0 aromatic heterocycles. The van der Waals surface area contributed by atoms with Gasteiger partial charge in [-0.25, -0.2) is 0 Å². The standard InChI is InChI=1S/C26H24O10/c1-26(13-4-5-15(29)18(8-13)33-2)21(11-27)34-17-6-3-12(7-19(17)36-26)25-24(32)23(31)22-16(30)9-14(28)10-20(22)35-25/h3-10,21,24-25,27-30,32H,11H2,1-2H3/t21-,24?,25-,26?/m1/s1. The molecule has 0 bridgehead atoms. The first kappa shape index (κ1) is 23.6. The van der Waals surface area contributed by atoms with Crippen molar-refractivity contribution in [3.8, 4) is 40.2 Å². The fraction of sp³-hybridized carbons (Fsp3) is 0.269. The van der Waals surface area contributed by atoms with Crippen LogP contribution in [0.5, 0.6) is 40.2 Å². The van der Waals surface area contributed by atoms with Crippen LogP contribution in [0.3, 0.4) is 0 Å². The molecule has 4 atom stereocenters. The van der Waals surface area contributed by atoms with Gasteiger partial charge in [-0.15, -0.1) is 0 Å². The number of Topliss-reactive ketones (excluding diaryl/α,β-unsaturated/α-hetero) is 1. The maximum atomic E-state index is 12.8. The molecule has 2 heterocycles. The van der Waals surface area contributed by atoms with E-state index in [0.29, 0.717) is 16.9 Å². The Morgan fingerprint density at radius 2 is 1.72 bits per heavy atom. The van der Waals surface area contributed by atoms with Crippen molar-refractivity contribution in [1.29, 1.82) is 0 Å². The molecule has 0 spiro atoms. The van der Waals surface area contributed by atoms with E-state index in [-0.39, 0.29) is 40.9 Å². The van der Waals surface area contributed by atoms with Crippen LogP contribution in [-0.4, -0.2) is 57.2 Å². The number of phenols is 3. The Morgan fingerprint density at radius 3 is 2.44 bits per heavy atom. The molecule has 188 valence electrons. The van der Waals surface area contributed by atoms with E-state index in [0.717, 1.165) is 6.07 Å². The van der Waals surface area contributed by atoms with E-state index in [2.05, 4.69) is 0 Å². The predicted molar refractivity (Wildman–Crippen MR) is 124 cm³/mol. The minimum Gasteiger partial charge on any atom is -0.508 e. The summed E-state index contributed by atoms with van der Waals surface area (Å²) < 4.78 is 23.4. The highest BCUT2D eigenvalue weighted by molar-refractivity contribution is 6.05. The number of phenolic OH excluding ortho intramolecular Hbond substituents is 3. The van der Waals surface area contributed by atoms with Crippen LogP contribution >= 0.6 is 0 Å². The summed E-state index contributed by atoms with van der Waals surface area (Å²) in [5.41, 5.74) is -0.474. The first-order chi connectivity index (χ1) is 17.2. The molecular formula is C26H24O10. The van der Waals surface area contributed by atoms with Crippen LogP contribution < -0.4 is 18.9 Å². The van der Waals surface area contributed by atoms with E-state index in [9.17, 15) is 30.3 Å². The van der Waals surface area contributed by atoms with Gasteiger partial charge in [-0.3, -0.25) is 4.79 Å². The second kappa shape index (κ2) is 8.51. The summed E-state index contributed by atoms with van der Waals surface area (Å²) in [6.07, 6.45) is -3.59. The molecule has 3 aromatic carbocycles. The van der Waals surface area contributed by atoms with E-state index < -0.39 is 35.4 Å². The van der Waals surface area contributed by atoms with Crippen LogP contribution in [0.2, 0.25) is 0 Å². The third-order valence-electron chi connectivity index (χ3n) is 6.54. The Balaban J connectivity index is 1.53. The first-order valence-electron chi connectivity index (χ1n) is 11.1. The van der Waals surface area contributed by atoms with E-state index in [1.807, 2.05) is 0 Å². The average molecular weight is 496 g/mol. The maximum absolute atomic E-state index is 12.8. The Kier molecular flexibility index (Phi) is 5.57. The van der Waals surface area contributed by atoms with Crippen molar-refractivity contribution < 1.29 is 49.3 Å². The predicted octanol–water partition coefficient (Wildman–Crippen LogP) is 2.54. The summed E-state index contributed by atoms with van der Waals surface area (Å²) in [7, 11) is 1.42. The van der Waals surface area contributed by atoms with Crippen molar-refractivity contribution in [3.05, 3.63) is 65.2 Å². The van der Waals surface area contributed by atoms with E-state index in [4.69, 9.17) is 18.9 Å². The van der Waals surface area contributed by atoms with Crippen LogP contribution in [0.25, 0.3) is 0 Å². The number of methoxy groups -OCH3 is 1. The number of fused-ring (bicyclic) bond motifs is 2. The third-order valence-corrected chi connectivity index (χ3v) is 6.54. The molecule has 10 nitrogen and oxygen atoms in total. The second-order valence-corrected chi connectivity index (χ2v) is 8.78. The molecule has 2 aliphatic heterocycles. The third kappa shape index (κ3) is 3.62. The number of ketones is 1. The molecule has 5 N–H and O–H groups in total. The molecule has 3 aromatic rings. The summed E-state index contributed by atoms with van der Waals surface area (Å²) in [5, 5.41) is 50.6. The second-order valence-electron chi connectivity index (χ2n) is 8.78. The van der Waals surface area contributed by atoms with Crippen molar-refractivity contribution in [2.75, 3.05) is 13.7 Å². The van der Waals surface area contributed by atoms with Gasteiger partial charge in [0.15, 0.2) is 46.9 Å². The molecule has 0 fully saturated rings. The van der Waals surface area contributed by atoms with Gasteiger partial charge in [0.05, 0.1) is 13.7 Å². The maximum Gasteiger partial charge on any atom is 0.202 e. The van der Waals surface area contributed by atoms with E-state index >= 15 is 0 Å². The topological polar surface area (TPSA) is 155 Å². The van der Waals surface area contributed by atoms with Crippen molar-refractivity contribution >= 4 is 5.78 Å². The lowest BCUT2D eigenvalue weighted by molar-refractivity contribution is -0.0812. The molecule has 0 saturated heterocycles. The number of aromatic hydroxyl groups is 3. The van der Waals surface area contributed by atoms with Crippen LogP contribution in [0, 0.1) is 0 Å². The van der Waals surface area contributed by atoms with Crippen LogP contribution in [0.15, 0.2) is 48.5 Å². The number of hydrogen-bond acceptors (Lipinski definition) is 10. The van der Waals surface area contributed by atoms with Crippen molar-refractivity contribution in [3.63, 3.8) is 0 Å². The number of rotatable bonds is 4. The molecule has 0 radical (unpaired) electrons. The van der Waals surface area contributed by atoms with Crippen molar-refractivity contribution in [2.45, 2.75) is 30.8 Å². The quantitative estimate of drug-likeness (QED) is 0.364. The Hall–Kier alpha value is -4.15. The van der Waals surface area contributed by atoms with Gasteiger partial charge in [0.2, 0.25) is 5.78 Å². The zero-order valence-corrected chi connectivity index (χ0v) is 19.3. The smallest absolute Gasteiger partial charge is 0.202 e. The van der Waals surface area contributed by atoms with Crippen LogP contribution in [-0.2, 0) is 5.60 Å². The number of carbonyl (C=O) groups is 1. The molecule has 0 saturated carbocycles. The highest BCUT2D eigenvalue weighted by Gasteiger charge is 2.45. The summed E-state index contributed by atoms with van der Waals surface area (Å²) in [5.74, 6) is -0.866. The monoisotopic (exact) mass is 496 g/mol. The minimum absolute atomic E-state index is 0.0599. The highest BCUT2D eigenvalue weighted by Crippen LogP contribution is 2.47. The number of ether oxygens (including phenoxy) is 4. The van der Waals surface area contributed by atoms with Gasteiger partial charge in [-0.2, -0.15) is 0 Å². The molecule has 5 rings (SSSR count).